The van der Waals surface area contributed by atoms with Gasteiger partial charge in [-0.05, 0) is 60.4 Å². The zero-order valence-corrected chi connectivity index (χ0v) is 20.5. The molecule has 33 heavy (non-hydrogen) atoms. The number of hydrogen-bond acceptors (Lipinski definition) is 6. The van der Waals surface area contributed by atoms with Crippen molar-refractivity contribution in [2.24, 2.45) is 0 Å². The van der Waals surface area contributed by atoms with Crippen molar-refractivity contribution < 1.29 is 18.3 Å². The largest absolute Gasteiger partial charge is 0.497 e. The number of halogens is 2. The van der Waals surface area contributed by atoms with Gasteiger partial charge in [0.2, 0.25) is 10.0 Å². The van der Waals surface area contributed by atoms with E-state index in [0.717, 1.165) is 16.7 Å². The van der Waals surface area contributed by atoms with E-state index in [2.05, 4.69) is 15.0 Å². The highest BCUT2D eigenvalue weighted by molar-refractivity contribution is 7.89. The van der Waals surface area contributed by atoms with Crippen molar-refractivity contribution in [3.05, 3.63) is 81.5 Å². The number of anilines is 1. The summed E-state index contributed by atoms with van der Waals surface area (Å²) in [5.41, 5.74) is 2.75. The predicted molar refractivity (Wildman–Crippen MR) is 131 cm³/mol. The number of benzene rings is 2. The minimum atomic E-state index is -4.00. The van der Waals surface area contributed by atoms with Crippen LogP contribution in [0.1, 0.15) is 16.7 Å². The lowest BCUT2D eigenvalue weighted by Gasteiger charge is -2.15. The van der Waals surface area contributed by atoms with Crippen molar-refractivity contribution in [2.75, 3.05) is 19.0 Å². The summed E-state index contributed by atoms with van der Waals surface area (Å²) in [5.74, 6) is 0.861. The number of ether oxygens (including phenoxy) is 1. The smallest absolute Gasteiger partial charge is 0.244 e. The molecule has 0 fully saturated rings. The fraction of sp³-hybridized carbons (Fsp3) is 0.261. The SMILES string of the molecule is COc1cc(C)cc(CNc2ncc(Cl)cc2S(=O)(=O)NCC(O)Cc2ccc(Cl)cc2)c1. The van der Waals surface area contributed by atoms with Crippen LogP contribution >= 0.6 is 23.2 Å². The van der Waals surface area contributed by atoms with Crippen LogP contribution in [0.25, 0.3) is 0 Å². The fourth-order valence-electron chi connectivity index (χ4n) is 3.24. The molecule has 176 valence electrons. The van der Waals surface area contributed by atoms with Gasteiger partial charge < -0.3 is 15.2 Å². The fourth-order valence-corrected chi connectivity index (χ4v) is 4.81. The van der Waals surface area contributed by atoms with Crippen LogP contribution in [0.15, 0.2) is 59.6 Å². The third-order valence-corrected chi connectivity index (χ3v) is 6.70. The molecule has 0 radical (unpaired) electrons. The lowest BCUT2D eigenvalue weighted by molar-refractivity contribution is 0.179. The number of nitrogens with zero attached hydrogens (tertiary/aromatic N) is 1. The maximum atomic E-state index is 13.0. The summed E-state index contributed by atoms with van der Waals surface area (Å²) in [5, 5.41) is 14.1. The zero-order chi connectivity index (χ0) is 24.0. The Balaban J connectivity index is 1.71. The van der Waals surface area contributed by atoms with E-state index >= 15 is 0 Å². The van der Waals surface area contributed by atoms with E-state index in [4.69, 9.17) is 27.9 Å². The first-order chi connectivity index (χ1) is 15.7. The molecule has 1 atom stereocenters. The van der Waals surface area contributed by atoms with E-state index in [-0.39, 0.29) is 28.7 Å². The standard InChI is InChI=1S/C23H25Cl2N3O4S/c1-15-7-17(10-21(8-15)32-2)12-26-23-22(11-19(25)13-27-23)33(30,31)28-14-20(29)9-16-3-5-18(24)6-4-16/h3-8,10-11,13,20,28-29H,9,12,14H2,1-2H3,(H,26,27). The monoisotopic (exact) mass is 509 g/mol. The molecule has 2 aromatic carbocycles. The van der Waals surface area contributed by atoms with Gasteiger partial charge in [0.05, 0.1) is 18.2 Å². The van der Waals surface area contributed by atoms with Crippen molar-refractivity contribution in [3.8, 4) is 5.75 Å². The summed E-state index contributed by atoms with van der Waals surface area (Å²) < 4.78 is 33.7. The molecule has 10 heteroatoms. The Morgan fingerprint density at radius 2 is 1.79 bits per heavy atom. The maximum absolute atomic E-state index is 13.0. The Morgan fingerprint density at radius 3 is 2.48 bits per heavy atom. The van der Waals surface area contributed by atoms with Gasteiger partial charge in [-0.15, -0.1) is 0 Å². The van der Waals surface area contributed by atoms with Crippen molar-refractivity contribution in [2.45, 2.75) is 30.9 Å². The van der Waals surface area contributed by atoms with E-state index in [1.807, 2.05) is 25.1 Å². The maximum Gasteiger partial charge on any atom is 0.244 e. The summed E-state index contributed by atoms with van der Waals surface area (Å²) in [6.45, 7) is 2.10. The Kier molecular flexibility index (Phi) is 8.56. The van der Waals surface area contributed by atoms with Gasteiger partial charge in [-0.25, -0.2) is 18.1 Å². The predicted octanol–water partition coefficient (Wildman–Crippen LogP) is 4.20. The van der Waals surface area contributed by atoms with Crippen LogP contribution in [-0.2, 0) is 23.0 Å². The molecule has 0 aliphatic heterocycles. The van der Waals surface area contributed by atoms with Crippen molar-refractivity contribution >= 4 is 39.0 Å². The van der Waals surface area contributed by atoms with E-state index in [1.54, 1.807) is 31.4 Å². The number of rotatable bonds is 10. The van der Waals surface area contributed by atoms with Gasteiger partial charge in [-0.3, -0.25) is 0 Å². The van der Waals surface area contributed by atoms with Crippen molar-refractivity contribution in [3.63, 3.8) is 0 Å². The minimum absolute atomic E-state index is 0.103. The quantitative estimate of drug-likeness (QED) is 0.378. The van der Waals surface area contributed by atoms with Gasteiger partial charge >= 0.3 is 0 Å². The van der Waals surface area contributed by atoms with E-state index in [0.29, 0.717) is 17.3 Å². The average Bonchev–Trinajstić information content (AvgIpc) is 2.78. The molecular formula is C23H25Cl2N3O4S. The minimum Gasteiger partial charge on any atom is -0.497 e. The van der Waals surface area contributed by atoms with Crippen LogP contribution in [0.4, 0.5) is 5.82 Å². The molecule has 0 spiro atoms. The number of aromatic nitrogens is 1. The molecule has 0 bridgehead atoms. The third kappa shape index (κ3) is 7.31. The molecule has 0 aliphatic carbocycles. The highest BCUT2D eigenvalue weighted by Gasteiger charge is 2.22. The van der Waals surface area contributed by atoms with Gasteiger partial charge in [-0.1, -0.05) is 41.4 Å². The van der Waals surface area contributed by atoms with Crippen LogP contribution in [-0.4, -0.2) is 38.3 Å². The van der Waals surface area contributed by atoms with Crippen LogP contribution in [0.5, 0.6) is 5.75 Å². The number of sulfonamides is 1. The molecule has 3 rings (SSSR count). The number of nitrogens with one attached hydrogen (secondary N) is 2. The second kappa shape index (κ2) is 11.2. The first kappa shape index (κ1) is 25.3. The number of methoxy groups -OCH3 is 1. The molecule has 0 amide bonds. The third-order valence-electron chi connectivity index (χ3n) is 4.81. The van der Waals surface area contributed by atoms with E-state index in [1.165, 1.54) is 12.3 Å². The van der Waals surface area contributed by atoms with Crippen LogP contribution < -0.4 is 14.8 Å². The Morgan fingerprint density at radius 1 is 1.06 bits per heavy atom. The number of aliphatic hydroxyl groups excluding tert-OH is 1. The second-order valence-electron chi connectivity index (χ2n) is 7.55. The molecule has 1 unspecified atom stereocenters. The Hall–Kier alpha value is -2.36. The molecule has 7 nitrogen and oxygen atoms in total. The lowest BCUT2D eigenvalue weighted by atomic mass is 10.1. The van der Waals surface area contributed by atoms with Crippen molar-refractivity contribution in [1.82, 2.24) is 9.71 Å². The van der Waals surface area contributed by atoms with Gasteiger partial charge in [0, 0.05) is 24.3 Å². The first-order valence-electron chi connectivity index (χ1n) is 10.1. The topological polar surface area (TPSA) is 101 Å². The number of pyridine rings is 1. The first-order valence-corrected chi connectivity index (χ1v) is 12.4. The molecular weight excluding hydrogens is 485 g/mol. The average molecular weight is 510 g/mol. The number of aliphatic hydroxyl groups is 1. The highest BCUT2D eigenvalue weighted by atomic mass is 35.5. The van der Waals surface area contributed by atoms with Crippen LogP contribution in [0.2, 0.25) is 10.0 Å². The lowest BCUT2D eigenvalue weighted by Crippen LogP contribution is -2.33. The molecule has 3 aromatic rings. The number of aryl methyl sites for hydroxylation is 1. The Labute approximate surface area is 203 Å². The van der Waals surface area contributed by atoms with E-state index < -0.39 is 16.1 Å². The van der Waals surface area contributed by atoms with Gasteiger partial charge in [0.25, 0.3) is 0 Å². The zero-order valence-electron chi connectivity index (χ0n) is 18.2. The second-order valence-corrected chi connectivity index (χ2v) is 10.2. The summed E-state index contributed by atoms with van der Waals surface area (Å²) in [7, 11) is -2.41. The molecule has 3 N–H and O–H groups in total. The van der Waals surface area contributed by atoms with Gasteiger partial charge in [0.1, 0.15) is 16.5 Å². The molecule has 1 aromatic heterocycles. The summed E-state index contributed by atoms with van der Waals surface area (Å²) >= 11 is 11.9. The highest BCUT2D eigenvalue weighted by Crippen LogP contribution is 2.24. The molecule has 0 aliphatic rings. The normalized spacial score (nSPS) is 12.4. The van der Waals surface area contributed by atoms with Crippen molar-refractivity contribution in [1.29, 1.82) is 0 Å². The number of hydrogen-bond donors (Lipinski definition) is 3. The molecule has 0 saturated carbocycles. The van der Waals surface area contributed by atoms with Crippen LogP contribution in [0.3, 0.4) is 0 Å². The van der Waals surface area contributed by atoms with E-state index in [9.17, 15) is 13.5 Å². The summed E-state index contributed by atoms with van der Waals surface area (Å²) in [4.78, 5) is 4.06. The van der Waals surface area contributed by atoms with Gasteiger partial charge in [-0.2, -0.15) is 0 Å². The van der Waals surface area contributed by atoms with Gasteiger partial charge in [0.15, 0.2) is 0 Å². The summed E-state index contributed by atoms with van der Waals surface area (Å²) in [6.07, 6.45) is 0.715. The Bertz CT molecular complexity index is 1200. The van der Waals surface area contributed by atoms with Crippen LogP contribution in [0, 0.1) is 6.92 Å². The molecule has 0 saturated heterocycles. The molecule has 1 heterocycles. The summed E-state index contributed by atoms with van der Waals surface area (Å²) in [6, 6.07) is 14.0.